The van der Waals surface area contributed by atoms with Crippen LogP contribution in [0.3, 0.4) is 0 Å². The first-order valence-corrected chi connectivity index (χ1v) is 6.71. The van der Waals surface area contributed by atoms with Crippen LogP contribution in [-0.4, -0.2) is 23.3 Å². The van der Waals surface area contributed by atoms with E-state index in [1.807, 2.05) is 6.92 Å². The van der Waals surface area contributed by atoms with E-state index in [4.69, 9.17) is 0 Å². The molecular formula is C14H17N3O4. The van der Waals surface area contributed by atoms with E-state index in [0.29, 0.717) is 12.8 Å². The number of nitrogens with one attached hydrogen (secondary N) is 2. The van der Waals surface area contributed by atoms with Gasteiger partial charge in [0.15, 0.2) is 0 Å². The molecule has 0 saturated carbocycles. The number of carbonyl (C=O) groups is 2. The quantitative estimate of drug-likeness (QED) is 0.653. The second-order valence-electron chi connectivity index (χ2n) is 5.24. The number of benzene rings is 1. The van der Waals surface area contributed by atoms with Crippen LogP contribution in [0.5, 0.6) is 0 Å². The molecule has 1 aromatic rings. The summed E-state index contributed by atoms with van der Waals surface area (Å²) in [6.45, 7) is 3.88. The number of carbonyl (C=O) groups excluding carboxylic acids is 2. The van der Waals surface area contributed by atoms with Crippen molar-refractivity contribution in [3.63, 3.8) is 0 Å². The Kier molecular flexibility index (Phi) is 4.21. The number of hydrogen-bond acceptors (Lipinski definition) is 4. The van der Waals surface area contributed by atoms with Crippen LogP contribution < -0.4 is 10.6 Å². The Morgan fingerprint density at radius 1 is 1.38 bits per heavy atom. The lowest BCUT2D eigenvalue weighted by atomic mass is 9.98. The van der Waals surface area contributed by atoms with Crippen molar-refractivity contribution in [2.45, 2.75) is 26.7 Å². The third kappa shape index (κ3) is 3.36. The fraction of sp³-hybridized carbons (Fsp3) is 0.429. The molecule has 112 valence electrons. The zero-order chi connectivity index (χ0) is 15.6. The van der Waals surface area contributed by atoms with Crippen molar-refractivity contribution in [2.24, 2.45) is 5.92 Å². The summed E-state index contributed by atoms with van der Waals surface area (Å²) in [5.74, 6) is -0.735. The number of hydrogen-bond donors (Lipinski definition) is 2. The van der Waals surface area contributed by atoms with Gasteiger partial charge in [-0.2, -0.15) is 0 Å². The number of aryl methyl sites for hydroxylation is 2. The van der Waals surface area contributed by atoms with Crippen molar-refractivity contribution in [1.82, 2.24) is 5.32 Å². The molecule has 1 heterocycles. The Labute approximate surface area is 121 Å². The monoisotopic (exact) mass is 291 g/mol. The predicted octanol–water partition coefficient (Wildman–Crippen LogP) is 1.68. The van der Waals surface area contributed by atoms with E-state index in [1.165, 1.54) is 6.07 Å². The summed E-state index contributed by atoms with van der Waals surface area (Å²) in [5, 5.41) is 16.3. The Morgan fingerprint density at radius 2 is 2.05 bits per heavy atom. The topological polar surface area (TPSA) is 101 Å². The highest BCUT2D eigenvalue weighted by Gasteiger charge is 2.26. The Hall–Kier alpha value is -2.44. The maximum atomic E-state index is 12.2. The Bertz CT molecular complexity index is 602. The minimum atomic E-state index is -0.509. The Balaban J connectivity index is 2.18. The molecule has 7 nitrogen and oxygen atoms in total. The SMILES string of the molecule is Cc1cc(NC(=O)C2CCC(=O)NC2)c([N+](=O)[O-])cc1C. The van der Waals surface area contributed by atoms with Crippen molar-refractivity contribution in [1.29, 1.82) is 0 Å². The average Bonchev–Trinajstić information content (AvgIpc) is 2.43. The molecule has 1 atom stereocenters. The molecule has 1 aliphatic rings. The van der Waals surface area contributed by atoms with E-state index in [2.05, 4.69) is 10.6 Å². The lowest BCUT2D eigenvalue weighted by Crippen LogP contribution is -2.40. The molecule has 2 rings (SSSR count). The van der Waals surface area contributed by atoms with Gasteiger partial charge in [0.2, 0.25) is 11.8 Å². The fourth-order valence-corrected chi connectivity index (χ4v) is 2.24. The summed E-state index contributed by atoms with van der Waals surface area (Å²) in [5.41, 5.74) is 1.74. The van der Waals surface area contributed by atoms with E-state index < -0.39 is 4.92 Å². The van der Waals surface area contributed by atoms with Crippen LogP contribution in [0.15, 0.2) is 12.1 Å². The molecule has 1 aromatic carbocycles. The predicted molar refractivity (Wildman–Crippen MR) is 76.9 cm³/mol. The lowest BCUT2D eigenvalue weighted by Gasteiger charge is -2.21. The average molecular weight is 291 g/mol. The molecule has 21 heavy (non-hydrogen) atoms. The molecule has 2 N–H and O–H groups in total. The number of nitrogens with zero attached hydrogens (tertiary/aromatic N) is 1. The van der Waals surface area contributed by atoms with Crippen molar-refractivity contribution in [3.05, 3.63) is 33.4 Å². The van der Waals surface area contributed by atoms with Crippen LogP contribution in [0, 0.1) is 29.9 Å². The van der Waals surface area contributed by atoms with Gasteiger partial charge < -0.3 is 10.6 Å². The molecule has 0 aliphatic carbocycles. The molecule has 2 amide bonds. The van der Waals surface area contributed by atoms with Gasteiger partial charge in [0.25, 0.3) is 5.69 Å². The highest BCUT2D eigenvalue weighted by molar-refractivity contribution is 5.96. The number of nitro groups is 1. The molecule has 1 fully saturated rings. The van der Waals surface area contributed by atoms with Crippen LogP contribution in [0.25, 0.3) is 0 Å². The molecule has 1 saturated heterocycles. The zero-order valence-electron chi connectivity index (χ0n) is 11.9. The standard InChI is InChI=1S/C14H17N3O4/c1-8-5-11(12(17(20)21)6-9(8)2)16-14(19)10-3-4-13(18)15-7-10/h5-6,10H,3-4,7H2,1-2H3,(H,15,18)(H,16,19). The van der Waals surface area contributed by atoms with E-state index >= 15 is 0 Å². The van der Waals surface area contributed by atoms with Crippen LogP contribution in [0.2, 0.25) is 0 Å². The van der Waals surface area contributed by atoms with E-state index in [0.717, 1.165) is 11.1 Å². The zero-order valence-corrected chi connectivity index (χ0v) is 11.9. The molecular weight excluding hydrogens is 274 g/mol. The molecule has 0 radical (unpaired) electrons. The molecule has 7 heteroatoms. The van der Waals surface area contributed by atoms with E-state index in [1.54, 1.807) is 13.0 Å². The van der Waals surface area contributed by atoms with Gasteiger partial charge in [-0.1, -0.05) is 0 Å². The first-order chi connectivity index (χ1) is 9.88. The van der Waals surface area contributed by atoms with Gasteiger partial charge in [0, 0.05) is 19.0 Å². The molecule has 1 unspecified atom stereocenters. The van der Waals surface area contributed by atoms with E-state index in [9.17, 15) is 19.7 Å². The second-order valence-corrected chi connectivity index (χ2v) is 5.24. The van der Waals surface area contributed by atoms with Crippen molar-refractivity contribution < 1.29 is 14.5 Å². The maximum Gasteiger partial charge on any atom is 0.293 e. The minimum Gasteiger partial charge on any atom is -0.355 e. The number of piperidine rings is 1. The Morgan fingerprint density at radius 3 is 2.62 bits per heavy atom. The van der Waals surface area contributed by atoms with Crippen LogP contribution in [-0.2, 0) is 9.59 Å². The number of anilines is 1. The summed E-state index contributed by atoms with van der Waals surface area (Å²) in [4.78, 5) is 33.8. The lowest BCUT2D eigenvalue weighted by molar-refractivity contribution is -0.384. The first kappa shape index (κ1) is 15.0. The molecule has 1 aliphatic heterocycles. The summed E-state index contributed by atoms with van der Waals surface area (Å²) in [6.07, 6.45) is 0.753. The van der Waals surface area contributed by atoms with Gasteiger partial charge in [0.1, 0.15) is 5.69 Å². The van der Waals surface area contributed by atoms with Crippen LogP contribution in [0.1, 0.15) is 24.0 Å². The summed E-state index contributed by atoms with van der Waals surface area (Å²) >= 11 is 0. The summed E-state index contributed by atoms with van der Waals surface area (Å²) < 4.78 is 0. The number of amides is 2. The number of nitro benzene ring substituents is 1. The highest BCUT2D eigenvalue weighted by atomic mass is 16.6. The van der Waals surface area contributed by atoms with Gasteiger partial charge in [-0.05, 0) is 37.5 Å². The summed E-state index contributed by atoms with van der Waals surface area (Å²) in [7, 11) is 0. The smallest absolute Gasteiger partial charge is 0.293 e. The largest absolute Gasteiger partial charge is 0.355 e. The van der Waals surface area contributed by atoms with Gasteiger partial charge in [-0.15, -0.1) is 0 Å². The third-order valence-electron chi connectivity index (χ3n) is 3.70. The van der Waals surface area contributed by atoms with Gasteiger partial charge in [-0.25, -0.2) is 0 Å². The van der Waals surface area contributed by atoms with Gasteiger partial charge in [0.05, 0.1) is 10.8 Å². The van der Waals surface area contributed by atoms with E-state index in [-0.39, 0.29) is 35.7 Å². The van der Waals surface area contributed by atoms with Gasteiger partial charge >= 0.3 is 0 Å². The number of rotatable bonds is 3. The van der Waals surface area contributed by atoms with Crippen molar-refractivity contribution >= 4 is 23.2 Å². The van der Waals surface area contributed by atoms with Crippen molar-refractivity contribution in [3.8, 4) is 0 Å². The van der Waals surface area contributed by atoms with Crippen LogP contribution in [0.4, 0.5) is 11.4 Å². The minimum absolute atomic E-state index is 0.0730. The maximum absolute atomic E-state index is 12.2. The van der Waals surface area contributed by atoms with Gasteiger partial charge in [-0.3, -0.25) is 19.7 Å². The molecule has 0 spiro atoms. The molecule has 0 bridgehead atoms. The summed E-state index contributed by atoms with van der Waals surface area (Å²) in [6, 6.07) is 3.06. The third-order valence-corrected chi connectivity index (χ3v) is 3.70. The normalized spacial score (nSPS) is 18.0. The fourth-order valence-electron chi connectivity index (χ4n) is 2.24. The highest BCUT2D eigenvalue weighted by Crippen LogP contribution is 2.28. The van der Waals surface area contributed by atoms with Crippen molar-refractivity contribution in [2.75, 3.05) is 11.9 Å². The second kappa shape index (κ2) is 5.90. The molecule has 0 aromatic heterocycles. The van der Waals surface area contributed by atoms with Crippen LogP contribution >= 0.6 is 0 Å². The first-order valence-electron chi connectivity index (χ1n) is 6.71.